The number of carboxylic acids is 1. The molecule has 3 rings (SSSR count). The minimum atomic E-state index is -1.17. The van der Waals surface area contributed by atoms with E-state index in [9.17, 15) is 24.6 Å². The molecule has 2 unspecified atom stereocenters. The van der Waals surface area contributed by atoms with Gasteiger partial charge in [0, 0.05) is 13.0 Å². The lowest BCUT2D eigenvalue weighted by Gasteiger charge is -2.32. The van der Waals surface area contributed by atoms with E-state index in [2.05, 4.69) is 60.3 Å². The van der Waals surface area contributed by atoms with Crippen LogP contribution in [0.1, 0.15) is 86.0 Å². The third-order valence-electron chi connectivity index (χ3n) is 6.43. The Labute approximate surface area is 205 Å². The molecular formula is C26H34N4O5. The summed E-state index contributed by atoms with van der Waals surface area (Å²) >= 11 is 0. The van der Waals surface area contributed by atoms with Crippen LogP contribution < -0.4 is 5.32 Å². The van der Waals surface area contributed by atoms with Gasteiger partial charge in [-0.05, 0) is 42.2 Å². The summed E-state index contributed by atoms with van der Waals surface area (Å²) in [7, 11) is 0. The number of nitrogens with zero attached hydrogens (tertiary/aromatic N) is 3. The van der Waals surface area contributed by atoms with Crippen LogP contribution in [-0.4, -0.2) is 55.5 Å². The molecule has 1 aromatic carbocycles. The molecule has 0 spiro atoms. The lowest BCUT2D eigenvalue weighted by molar-refractivity contribution is -0.139. The van der Waals surface area contributed by atoms with E-state index in [-0.39, 0.29) is 47.4 Å². The van der Waals surface area contributed by atoms with Gasteiger partial charge in [0.2, 0.25) is 5.91 Å². The second-order valence-corrected chi connectivity index (χ2v) is 10.1. The molecule has 2 amide bonds. The molecule has 0 radical (unpaired) electrons. The quantitative estimate of drug-likeness (QED) is 0.551. The van der Waals surface area contributed by atoms with Crippen LogP contribution in [0.15, 0.2) is 24.3 Å². The van der Waals surface area contributed by atoms with Crippen molar-refractivity contribution in [3.05, 3.63) is 52.6 Å². The molecule has 0 saturated carbocycles. The lowest BCUT2D eigenvalue weighted by Crippen LogP contribution is -2.41. The number of likely N-dealkylation sites (tertiary alicyclic amines) is 1. The van der Waals surface area contributed by atoms with Gasteiger partial charge in [0.1, 0.15) is 11.9 Å². The van der Waals surface area contributed by atoms with Gasteiger partial charge in [0.25, 0.3) is 5.91 Å². The van der Waals surface area contributed by atoms with E-state index in [1.807, 2.05) is 0 Å². The van der Waals surface area contributed by atoms with Crippen LogP contribution in [0.25, 0.3) is 0 Å². The van der Waals surface area contributed by atoms with Crippen LogP contribution in [0.3, 0.4) is 0 Å². The van der Waals surface area contributed by atoms with Gasteiger partial charge in [0.15, 0.2) is 11.4 Å². The lowest BCUT2D eigenvalue weighted by atomic mass is 9.83. The molecular weight excluding hydrogens is 448 g/mol. The summed E-state index contributed by atoms with van der Waals surface area (Å²) in [6, 6.07) is 7.36. The molecule has 0 bridgehead atoms. The molecule has 9 nitrogen and oxygen atoms in total. The molecule has 0 aliphatic carbocycles. The molecule has 1 fully saturated rings. The first-order valence-electron chi connectivity index (χ1n) is 11.9. The minimum Gasteiger partial charge on any atom is -0.504 e. The molecule has 2 aromatic rings. The maximum Gasteiger partial charge on any atom is 0.326 e. The standard InChI is InChI=1S/C26H34N4O5/c1-6-19(25(34)35)28-24(33)22-23(32)15(2)27-20(29-22)14-30-12-11-17(13-21(30)31)16-7-9-18(10-8-16)26(3,4)5/h7-10,17,19,32H,6,11-14H2,1-5H3,(H,28,33)(H,34,35). The monoisotopic (exact) mass is 482 g/mol. The van der Waals surface area contributed by atoms with Crippen molar-refractivity contribution in [1.82, 2.24) is 20.2 Å². The van der Waals surface area contributed by atoms with Gasteiger partial charge in [-0.1, -0.05) is 52.0 Å². The third-order valence-corrected chi connectivity index (χ3v) is 6.43. The van der Waals surface area contributed by atoms with Crippen LogP contribution in [0.4, 0.5) is 0 Å². The van der Waals surface area contributed by atoms with Gasteiger partial charge in [-0.15, -0.1) is 0 Å². The van der Waals surface area contributed by atoms with Crippen molar-refractivity contribution in [3.63, 3.8) is 0 Å². The van der Waals surface area contributed by atoms with E-state index in [0.29, 0.717) is 13.0 Å². The number of piperidine rings is 1. The van der Waals surface area contributed by atoms with Gasteiger partial charge < -0.3 is 20.4 Å². The molecule has 2 heterocycles. The van der Waals surface area contributed by atoms with Gasteiger partial charge in [-0.25, -0.2) is 14.8 Å². The van der Waals surface area contributed by atoms with E-state index in [0.717, 1.165) is 12.0 Å². The number of aryl methyl sites for hydroxylation is 1. The topological polar surface area (TPSA) is 133 Å². The summed E-state index contributed by atoms with van der Waals surface area (Å²) in [5, 5.41) is 21.8. The Morgan fingerprint density at radius 3 is 2.40 bits per heavy atom. The summed E-state index contributed by atoms with van der Waals surface area (Å²) in [5.41, 5.74) is 2.35. The van der Waals surface area contributed by atoms with Crippen molar-refractivity contribution >= 4 is 17.8 Å². The largest absolute Gasteiger partial charge is 0.504 e. The fourth-order valence-corrected chi connectivity index (χ4v) is 4.18. The predicted octanol–water partition coefficient (Wildman–Crippen LogP) is 3.29. The zero-order valence-electron chi connectivity index (χ0n) is 21.0. The number of carbonyl (C=O) groups is 3. The number of benzene rings is 1. The molecule has 188 valence electrons. The zero-order valence-corrected chi connectivity index (χ0v) is 21.0. The van der Waals surface area contributed by atoms with E-state index in [1.54, 1.807) is 11.8 Å². The highest BCUT2D eigenvalue weighted by atomic mass is 16.4. The Balaban J connectivity index is 1.70. The van der Waals surface area contributed by atoms with Crippen LogP contribution in [0.2, 0.25) is 0 Å². The van der Waals surface area contributed by atoms with E-state index < -0.39 is 23.7 Å². The number of nitrogens with one attached hydrogen (secondary N) is 1. The Bertz CT molecular complexity index is 1110. The highest BCUT2D eigenvalue weighted by Crippen LogP contribution is 2.31. The number of carbonyl (C=O) groups excluding carboxylic acids is 2. The maximum absolute atomic E-state index is 12.9. The molecule has 3 N–H and O–H groups in total. The first kappa shape index (κ1) is 26.1. The van der Waals surface area contributed by atoms with Crippen molar-refractivity contribution in [3.8, 4) is 5.75 Å². The Morgan fingerprint density at radius 1 is 1.20 bits per heavy atom. The molecule has 2 atom stereocenters. The van der Waals surface area contributed by atoms with Crippen LogP contribution >= 0.6 is 0 Å². The second-order valence-electron chi connectivity index (χ2n) is 10.1. The normalized spacial score (nSPS) is 17.2. The summed E-state index contributed by atoms with van der Waals surface area (Å²) in [6.07, 6.45) is 1.35. The van der Waals surface area contributed by atoms with Crippen molar-refractivity contribution < 1.29 is 24.6 Å². The smallest absolute Gasteiger partial charge is 0.326 e. The number of carboxylic acid groups (broad SMARTS) is 1. The summed E-state index contributed by atoms with van der Waals surface area (Å²) < 4.78 is 0. The number of aliphatic carboxylic acids is 1. The number of aromatic hydroxyl groups is 1. The summed E-state index contributed by atoms with van der Waals surface area (Å²) in [5.74, 6) is -2.05. The Kier molecular flexibility index (Phi) is 7.77. The van der Waals surface area contributed by atoms with Crippen LogP contribution in [-0.2, 0) is 21.5 Å². The van der Waals surface area contributed by atoms with Gasteiger partial charge >= 0.3 is 5.97 Å². The van der Waals surface area contributed by atoms with Crippen molar-refractivity contribution in [2.24, 2.45) is 0 Å². The van der Waals surface area contributed by atoms with Gasteiger partial charge in [-0.2, -0.15) is 0 Å². The van der Waals surface area contributed by atoms with Gasteiger partial charge in [0.05, 0.1) is 12.2 Å². The van der Waals surface area contributed by atoms with Gasteiger partial charge in [-0.3, -0.25) is 9.59 Å². The SMILES string of the molecule is CCC(NC(=O)c1nc(CN2CCC(c3ccc(C(C)(C)C)cc3)CC2=O)nc(C)c1O)C(=O)O. The number of hydrogen-bond acceptors (Lipinski definition) is 6. The first-order valence-corrected chi connectivity index (χ1v) is 11.9. The highest BCUT2D eigenvalue weighted by Gasteiger charge is 2.29. The minimum absolute atomic E-state index is 0.0293. The van der Waals surface area contributed by atoms with Crippen LogP contribution in [0.5, 0.6) is 5.75 Å². The maximum atomic E-state index is 12.9. The highest BCUT2D eigenvalue weighted by molar-refractivity contribution is 5.97. The molecule has 35 heavy (non-hydrogen) atoms. The first-order chi connectivity index (χ1) is 16.4. The number of rotatable bonds is 7. The molecule has 1 aliphatic rings. The fourth-order valence-electron chi connectivity index (χ4n) is 4.18. The van der Waals surface area contributed by atoms with Crippen LogP contribution in [0, 0.1) is 6.92 Å². The second kappa shape index (κ2) is 10.4. The summed E-state index contributed by atoms with van der Waals surface area (Å²) in [4.78, 5) is 46.8. The molecule has 9 heteroatoms. The number of aromatic nitrogens is 2. The zero-order chi connectivity index (χ0) is 25.9. The third kappa shape index (κ3) is 6.15. The Morgan fingerprint density at radius 2 is 1.86 bits per heavy atom. The summed E-state index contributed by atoms with van der Waals surface area (Å²) in [6.45, 7) is 10.3. The van der Waals surface area contributed by atoms with Crippen molar-refractivity contribution in [1.29, 1.82) is 0 Å². The predicted molar refractivity (Wildman–Crippen MR) is 130 cm³/mol. The average Bonchev–Trinajstić information content (AvgIpc) is 2.80. The number of amides is 2. The Hall–Kier alpha value is -3.49. The van der Waals surface area contributed by atoms with E-state index in [4.69, 9.17) is 0 Å². The van der Waals surface area contributed by atoms with Crippen molar-refractivity contribution in [2.45, 2.75) is 77.8 Å². The molecule has 1 aromatic heterocycles. The van der Waals surface area contributed by atoms with E-state index >= 15 is 0 Å². The van der Waals surface area contributed by atoms with Crippen molar-refractivity contribution in [2.75, 3.05) is 6.54 Å². The number of hydrogen-bond donors (Lipinski definition) is 3. The fraction of sp³-hybridized carbons (Fsp3) is 0.500. The average molecular weight is 483 g/mol. The van der Waals surface area contributed by atoms with E-state index in [1.165, 1.54) is 12.5 Å². The molecule has 1 aliphatic heterocycles. The molecule has 1 saturated heterocycles.